The van der Waals surface area contributed by atoms with Crippen LogP contribution in [-0.2, 0) is 16.0 Å². The Hall–Kier alpha value is -1.88. The molecule has 2 amide bonds. The van der Waals surface area contributed by atoms with Gasteiger partial charge >= 0.3 is 0 Å². The summed E-state index contributed by atoms with van der Waals surface area (Å²) in [6, 6.07) is 8.75. The van der Waals surface area contributed by atoms with E-state index in [2.05, 4.69) is 41.4 Å². The molecule has 148 valence electrons. The van der Waals surface area contributed by atoms with Gasteiger partial charge < -0.3 is 15.1 Å². The number of benzene rings is 1. The van der Waals surface area contributed by atoms with Gasteiger partial charge in [-0.25, -0.2) is 0 Å². The summed E-state index contributed by atoms with van der Waals surface area (Å²) >= 11 is 0. The Kier molecular flexibility index (Phi) is 6.53. The number of hydrogen-bond acceptors (Lipinski definition) is 3. The standard InChI is InChI=1S/C22H33N3O2/c1-4-16-5-7-17(8-6-16)20-12-11-19(21(26)23-13-14-24(2)3)15-25(20)22(27)18-9-10-18/h5-8,18-20H,4,9-15H2,1-3H3,(H,23,26). The second-order valence-electron chi connectivity index (χ2n) is 8.24. The molecule has 2 aliphatic rings. The minimum atomic E-state index is -0.0963. The van der Waals surface area contributed by atoms with Gasteiger partial charge in [-0.15, -0.1) is 0 Å². The average Bonchev–Trinajstić information content (AvgIpc) is 3.52. The molecular formula is C22H33N3O2. The lowest BCUT2D eigenvalue weighted by molar-refractivity contribution is -0.140. The van der Waals surface area contributed by atoms with E-state index in [0.29, 0.717) is 13.1 Å². The molecule has 3 rings (SSSR count). The number of aryl methyl sites for hydroxylation is 1. The first-order valence-corrected chi connectivity index (χ1v) is 10.3. The summed E-state index contributed by atoms with van der Waals surface area (Å²) in [7, 11) is 3.99. The van der Waals surface area contributed by atoms with Crippen molar-refractivity contribution in [2.75, 3.05) is 33.7 Å². The first-order chi connectivity index (χ1) is 13.0. The zero-order valence-electron chi connectivity index (χ0n) is 16.9. The van der Waals surface area contributed by atoms with Gasteiger partial charge in [0.2, 0.25) is 11.8 Å². The van der Waals surface area contributed by atoms with Crippen LogP contribution in [-0.4, -0.2) is 55.3 Å². The minimum Gasteiger partial charge on any atom is -0.355 e. The Balaban J connectivity index is 1.68. The van der Waals surface area contributed by atoms with E-state index in [1.54, 1.807) is 0 Å². The van der Waals surface area contributed by atoms with Crippen molar-refractivity contribution < 1.29 is 9.59 Å². The molecule has 1 N–H and O–H groups in total. The van der Waals surface area contributed by atoms with Crippen molar-refractivity contribution in [1.82, 2.24) is 15.1 Å². The van der Waals surface area contributed by atoms with Crippen molar-refractivity contribution in [2.45, 2.75) is 45.1 Å². The fourth-order valence-electron chi connectivity index (χ4n) is 3.86. The fourth-order valence-corrected chi connectivity index (χ4v) is 3.86. The molecule has 5 heteroatoms. The maximum atomic E-state index is 12.9. The Labute approximate surface area is 163 Å². The molecule has 1 heterocycles. The number of hydrogen-bond donors (Lipinski definition) is 1. The van der Waals surface area contributed by atoms with Crippen molar-refractivity contribution in [3.05, 3.63) is 35.4 Å². The van der Waals surface area contributed by atoms with E-state index in [0.717, 1.165) is 38.6 Å². The third-order valence-corrected chi connectivity index (χ3v) is 5.79. The maximum absolute atomic E-state index is 12.9. The predicted molar refractivity (Wildman–Crippen MR) is 107 cm³/mol. The molecule has 0 radical (unpaired) electrons. The first-order valence-electron chi connectivity index (χ1n) is 10.3. The number of nitrogens with zero attached hydrogens (tertiary/aromatic N) is 2. The van der Waals surface area contributed by atoms with Crippen LogP contribution < -0.4 is 5.32 Å². The molecule has 1 aliphatic carbocycles. The van der Waals surface area contributed by atoms with Gasteiger partial charge in [0.15, 0.2) is 0 Å². The summed E-state index contributed by atoms with van der Waals surface area (Å²) in [4.78, 5) is 29.6. The van der Waals surface area contributed by atoms with E-state index < -0.39 is 0 Å². The quantitative estimate of drug-likeness (QED) is 0.802. The van der Waals surface area contributed by atoms with E-state index >= 15 is 0 Å². The number of likely N-dealkylation sites (N-methyl/N-ethyl adjacent to an activating group) is 1. The van der Waals surface area contributed by atoms with Crippen molar-refractivity contribution in [1.29, 1.82) is 0 Å². The molecular weight excluding hydrogens is 338 g/mol. The van der Waals surface area contributed by atoms with E-state index in [1.807, 2.05) is 19.0 Å². The van der Waals surface area contributed by atoms with Crippen LogP contribution in [0.15, 0.2) is 24.3 Å². The van der Waals surface area contributed by atoms with Gasteiger partial charge in [0.1, 0.15) is 0 Å². The van der Waals surface area contributed by atoms with E-state index in [4.69, 9.17) is 0 Å². The molecule has 0 aromatic heterocycles. The monoisotopic (exact) mass is 371 g/mol. The molecule has 2 fully saturated rings. The zero-order chi connectivity index (χ0) is 19.4. The number of amides is 2. The summed E-state index contributed by atoms with van der Waals surface area (Å²) in [5.41, 5.74) is 2.51. The number of nitrogens with one attached hydrogen (secondary N) is 1. The Morgan fingerprint density at radius 3 is 2.33 bits per heavy atom. The van der Waals surface area contributed by atoms with Crippen LogP contribution in [0.4, 0.5) is 0 Å². The minimum absolute atomic E-state index is 0.0882. The van der Waals surface area contributed by atoms with Crippen LogP contribution in [0.1, 0.15) is 49.8 Å². The highest BCUT2D eigenvalue weighted by molar-refractivity contribution is 5.84. The summed E-state index contributed by atoms with van der Waals surface area (Å²) in [5, 5.41) is 3.04. The average molecular weight is 372 g/mol. The molecule has 5 nitrogen and oxygen atoms in total. The fraction of sp³-hybridized carbons (Fsp3) is 0.636. The van der Waals surface area contributed by atoms with Gasteiger partial charge in [-0.1, -0.05) is 31.2 Å². The lowest BCUT2D eigenvalue weighted by Gasteiger charge is -2.40. The number of carbonyl (C=O) groups excluding carboxylic acids is 2. The SMILES string of the molecule is CCc1ccc(C2CCC(C(=O)NCCN(C)C)CN2C(=O)C2CC2)cc1. The van der Waals surface area contributed by atoms with Crippen molar-refractivity contribution in [3.63, 3.8) is 0 Å². The summed E-state index contributed by atoms with van der Waals surface area (Å²) in [5.74, 6) is 0.412. The molecule has 0 spiro atoms. The van der Waals surface area contributed by atoms with E-state index in [1.165, 1.54) is 11.1 Å². The van der Waals surface area contributed by atoms with Gasteiger partial charge in [-0.05, 0) is 57.3 Å². The second-order valence-corrected chi connectivity index (χ2v) is 8.24. The highest BCUT2D eigenvalue weighted by Crippen LogP contribution is 2.39. The van der Waals surface area contributed by atoms with Crippen LogP contribution >= 0.6 is 0 Å². The van der Waals surface area contributed by atoms with Crippen molar-refractivity contribution in [3.8, 4) is 0 Å². The number of piperidine rings is 1. The molecule has 1 aromatic carbocycles. The number of likely N-dealkylation sites (tertiary alicyclic amines) is 1. The molecule has 1 aromatic rings. The van der Waals surface area contributed by atoms with Crippen LogP contribution in [0, 0.1) is 11.8 Å². The van der Waals surface area contributed by atoms with Gasteiger partial charge in [-0.2, -0.15) is 0 Å². The summed E-state index contributed by atoms with van der Waals surface area (Å²) in [6.45, 7) is 4.18. The van der Waals surface area contributed by atoms with Crippen LogP contribution in [0.25, 0.3) is 0 Å². The summed E-state index contributed by atoms with van der Waals surface area (Å²) in [6.07, 6.45) is 4.70. The van der Waals surface area contributed by atoms with Gasteiger partial charge in [0.05, 0.1) is 12.0 Å². The Morgan fingerprint density at radius 1 is 1.07 bits per heavy atom. The van der Waals surface area contributed by atoms with Crippen LogP contribution in [0.3, 0.4) is 0 Å². The molecule has 1 saturated carbocycles. The van der Waals surface area contributed by atoms with Crippen LogP contribution in [0.5, 0.6) is 0 Å². The number of carbonyl (C=O) groups is 2. The van der Waals surface area contributed by atoms with Gasteiger partial charge in [0, 0.05) is 25.6 Å². The normalized spacial score (nSPS) is 22.7. The predicted octanol–water partition coefficient (Wildman–Crippen LogP) is 2.62. The topological polar surface area (TPSA) is 52.7 Å². The highest BCUT2D eigenvalue weighted by Gasteiger charge is 2.41. The smallest absolute Gasteiger partial charge is 0.226 e. The largest absolute Gasteiger partial charge is 0.355 e. The lowest BCUT2D eigenvalue weighted by Crippen LogP contribution is -2.48. The lowest BCUT2D eigenvalue weighted by atomic mass is 9.87. The summed E-state index contributed by atoms with van der Waals surface area (Å²) < 4.78 is 0. The van der Waals surface area contributed by atoms with E-state index in [9.17, 15) is 9.59 Å². The maximum Gasteiger partial charge on any atom is 0.226 e. The zero-order valence-corrected chi connectivity index (χ0v) is 16.9. The third kappa shape index (κ3) is 5.10. The molecule has 0 bridgehead atoms. The molecule has 1 aliphatic heterocycles. The molecule has 2 unspecified atom stereocenters. The van der Waals surface area contributed by atoms with Crippen LogP contribution in [0.2, 0.25) is 0 Å². The van der Waals surface area contributed by atoms with Crippen molar-refractivity contribution in [2.24, 2.45) is 11.8 Å². The third-order valence-electron chi connectivity index (χ3n) is 5.79. The Morgan fingerprint density at radius 2 is 1.74 bits per heavy atom. The first kappa shape index (κ1) is 19.9. The second kappa shape index (κ2) is 8.87. The van der Waals surface area contributed by atoms with Crippen molar-refractivity contribution >= 4 is 11.8 Å². The highest BCUT2D eigenvalue weighted by atomic mass is 16.2. The van der Waals surface area contributed by atoms with Gasteiger partial charge in [0.25, 0.3) is 0 Å². The molecule has 1 saturated heterocycles. The van der Waals surface area contributed by atoms with E-state index in [-0.39, 0.29) is 29.7 Å². The van der Waals surface area contributed by atoms with Gasteiger partial charge in [-0.3, -0.25) is 9.59 Å². The molecule has 27 heavy (non-hydrogen) atoms. The number of rotatable bonds is 7. The molecule has 2 atom stereocenters. The Bertz CT molecular complexity index is 652.